The Balaban J connectivity index is 2.11. The summed E-state index contributed by atoms with van der Waals surface area (Å²) in [5.41, 5.74) is 2.63. The molecule has 1 N–H and O–H groups in total. The van der Waals surface area contributed by atoms with E-state index in [9.17, 15) is 0 Å². The van der Waals surface area contributed by atoms with Crippen molar-refractivity contribution in [1.29, 1.82) is 0 Å². The van der Waals surface area contributed by atoms with Crippen LogP contribution in [0, 0.1) is 0 Å². The highest BCUT2D eigenvalue weighted by molar-refractivity contribution is 9.10. The average Bonchev–Trinajstić information content (AvgIpc) is 2.86. The van der Waals surface area contributed by atoms with Crippen LogP contribution in [0.25, 0.3) is 0 Å². The van der Waals surface area contributed by atoms with Crippen molar-refractivity contribution in [2.24, 2.45) is 0 Å². The van der Waals surface area contributed by atoms with Gasteiger partial charge in [0, 0.05) is 12.1 Å². The van der Waals surface area contributed by atoms with Crippen molar-refractivity contribution in [2.45, 2.75) is 45.7 Å². The molecule has 1 aromatic carbocycles. The molecule has 1 unspecified atom stereocenters. The summed E-state index contributed by atoms with van der Waals surface area (Å²) >= 11 is 3.63. The summed E-state index contributed by atoms with van der Waals surface area (Å²) < 4.78 is 3.22. The molecule has 1 atom stereocenters. The first-order valence-corrected chi connectivity index (χ1v) is 8.43. The third-order valence-electron chi connectivity index (χ3n) is 3.66. The lowest BCUT2D eigenvalue weighted by atomic mass is 10.0. The number of hydrogen-bond acceptors (Lipinski definition) is 2. The van der Waals surface area contributed by atoms with Crippen LogP contribution in [0.2, 0.25) is 0 Å². The molecule has 0 bridgehead atoms. The molecule has 1 heterocycles. The second-order valence-corrected chi connectivity index (χ2v) is 6.39. The van der Waals surface area contributed by atoms with Gasteiger partial charge in [0.2, 0.25) is 0 Å². The van der Waals surface area contributed by atoms with Crippen molar-refractivity contribution in [3.05, 3.63) is 52.3 Å². The monoisotopic (exact) mass is 349 g/mol. The Morgan fingerprint density at radius 3 is 2.57 bits per heavy atom. The number of nitrogens with one attached hydrogen (secondary N) is 1. The van der Waals surface area contributed by atoms with E-state index in [1.165, 1.54) is 11.3 Å². The van der Waals surface area contributed by atoms with Gasteiger partial charge in [-0.05, 0) is 54.7 Å². The first kappa shape index (κ1) is 16.2. The number of benzene rings is 1. The van der Waals surface area contributed by atoms with Gasteiger partial charge in [-0.1, -0.05) is 37.3 Å². The fraction of sp³-hybridized carbons (Fsp3) is 0.471. The summed E-state index contributed by atoms with van der Waals surface area (Å²) in [5, 5.41) is 8.05. The van der Waals surface area contributed by atoms with E-state index >= 15 is 0 Å². The highest BCUT2D eigenvalue weighted by atomic mass is 79.9. The highest BCUT2D eigenvalue weighted by Crippen LogP contribution is 2.25. The maximum absolute atomic E-state index is 4.46. The summed E-state index contributed by atoms with van der Waals surface area (Å²) in [5.74, 6) is 0. The molecular formula is C17H24BrN3. The fourth-order valence-electron chi connectivity index (χ4n) is 2.64. The summed E-state index contributed by atoms with van der Waals surface area (Å²) in [7, 11) is 0. The molecule has 3 nitrogen and oxygen atoms in total. The summed E-state index contributed by atoms with van der Waals surface area (Å²) in [4.78, 5) is 0. The minimum atomic E-state index is 0.388. The van der Waals surface area contributed by atoms with E-state index in [0.29, 0.717) is 12.1 Å². The van der Waals surface area contributed by atoms with Crippen LogP contribution in [0.1, 0.15) is 50.5 Å². The zero-order valence-electron chi connectivity index (χ0n) is 13.0. The maximum atomic E-state index is 4.46. The van der Waals surface area contributed by atoms with Gasteiger partial charge in [0.15, 0.2) is 0 Å². The molecule has 0 spiro atoms. The Labute approximate surface area is 135 Å². The molecule has 0 aliphatic rings. The quantitative estimate of drug-likeness (QED) is 0.796. The topological polar surface area (TPSA) is 29.9 Å². The van der Waals surface area contributed by atoms with Crippen LogP contribution in [0.5, 0.6) is 0 Å². The van der Waals surface area contributed by atoms with Gasteiger partial charge in [0.05, 0.1) is 16.4 Å². The number of aromatic nitrogens is 2. The van der Waals surface area contributed by atoms with E-state index in [4.69, 9.17) is 0 Å². The van der Waals surface area contributed by atoms with Gasteiger partial charge in [-0.15, -0.1) is 0 Å². The van der Waals surface area contributed by atoms with Crippen molar-refractivity contribution in [3.8, 4) is 0 Å². The van der Waals surface area contributed by atoms with Crippen LogP contribution >= 0.6 is 15.9 Å². The predicted molar refractivity (Wildman–Crippen MR) is 91.5 cm³/mol. The van der Waals surface area contributed by atoms with Crippen LogP contribution in [0.4, 0.5) is 0 Å². The Morgan fingerprint density at radius 2 is 1.95 bits per heavy atom. The largest absolute Gasteiger partial charge is 0.310 e. The average molecular weight is 350 g/mol. The third-order valence-corrected chi connectivity index (χ3v) is 4.32. The van der Waals surface area contributed by atoms with Crippen molar-refractivity contribution >= 4 is 15.9 Å². The molecule has 0 aliphatic heterocycles. The molecular weight excluding hydrogens is 326 g/mol. The van der Waals surface area contributed by atoms with Gasteiger partial charge < -0.3 is 5.32 Å². The number of nitrogens with zero attached hydrogens (tertiary/aromatic N) is 2. The zero-order valence-corrected chi connectivity index (χ0v) is 14.6. The van der Waals surface area contributed by atoms with E-state index < -0.39 is 0 Å². The molecule has 2 aromatic rings. The van der Waals surface area contributed by atoms with E-state index in [1.54, 1.807) is 0 Å². The Kier molecular flexibility index (Phi) is 6.00. The molecule has 21 heavy (non-hydrogen) atoms. The first-order chi connectivity index (χ1) is 10.1. The van der Waals surface area contributed by atoms with Gasteiger partial charge >= 0.3 is 0 Å². The number of rotatable bonds is 7. The van der Waals surface area contributed by atoms with Crippen molar-refractivity contribution in [3.63, 3.8) is 0 Å². The van der Waals surface area contributed by atoms with Crippen LogP contribution in [-0.2, 0) is 6.42 Å². The van der Waals surface area contributed by atoms with Gasteiger partial charge in [-0.3, -0.25) is 4.68 Å². The molecule has 0 saturated carbocycles. The summed E-state index contributed by atoms with van der Waals surface area (Å²) in [6, 6.07) is 11.4. The van der Waals surface area contributed by atoms with Gasteiger partial charge in [-0.2, -0.15) is 5.10 Å². The Hall–Kier alpha value is -1.13. The second-order valence-electron chi connectivity index (χ2n) is 5.54. The fourth-order valence-corrected chi connectivity index (χ4v) is 3.12. The number of hydrogen-bond donors (Lipinski definition) is 1. The van der Waals surface area contributed by atoms with E-state index in [2.05, 4.69) is 82.1 Å². The lowest BCUT2D eigenvalue weighted by Crippen LogP contribution is -2.22. The van der Waals surface area contributed by atoms with E-state index in [-0.39, 0.29) is 0 Å². The molecule has 0 fully saturated rings. The zero-order chi connectivity index (χ0) is 15.2. The first-order valence-electron chi connectivity index (χ1n) is 7.63. The van der Waals surface area contributed by atoms with Crippen molar-refractivity contribution < 1.29 is 0 Å². The molecule has 0 amide bonds. The minimum absolute atomic E-state index is 0.388. The second kappa shape index (κ2) is 7.76. The standard InChI is InChI=1S/C17H24BrN3/c1-4-19-16(14-8-6-5-7-9-14)10-11-17-15(18)12-20-21(17)13(2)3/h5-9,12-13,16,19H,4,10-11H2,1-3H3. The summed E-state index contributed by atoms with van der Waals surface area (Å²) in [6.07, 6.45) is 3.97. The van der Waals surface area contributed by atoms with Crippen LogP contribution in [-0.4, -0.2) is 16.3 Å². The van der Waals surface area contributed by atoms with Gasteiger partial charge in [0.1, 0.15) is 0 Å². The molecule has 114 valence electrons. The Bertz CT molecular complexity index is 548. The molecule has 1 aromatic heterocycles. The maximum Gasteiger partial charge on any atom is 0.0635 e. The van der Waals surface area contributed by atoms with Gasteiger partial charge in [-0.25, -0.2) is 0 Å². The number of halogens is 1. The third kappa shape index (κ3) is 4.17. The summed E-state index contributed by atoms with van der Waals surface area (Å²) in [6.45, 7) is 7.47. The smallest absolute Gasteiger partial charge is 0.0635 e. The SMILES string of the molecule is CCNC(CCc1c(Br)cnn1C(C)C)c1ccccc1. The molecule has 2 rings (SSSR count). The molecule has 0 aliphatic carbocycles. The molecule has 0 saturated heterocycles. The van der Waals surface area contributed by atoms with Crippen molar-refractivity contribution in [2.75, 3.05) is 6.54 Å². The Morgan fingerprint density at radius 1 is 1.24 bits per heavy atom. The predicted octanol–water partition coefficient (Wildman–Crippen LogP) is 4.51. The van der Waals surface area contributed by atoms with Crippen LogP contribution in [0.15, 0.2) is 41.0 Å². The lowest BCUT2D eigenvalue weighted by molar-refractivity contribution is 0.473. The van der Waals surface area contributed by atoms with Gasteiger partial charge in [0.25, 0.3) is 0 Å². The van der Waals surface area contributed by atoms with Crippen LogP contribution in [0.3, 0.4) is 0 Å². The van der Waals surface area contributed by atoms with Crippen LogP contribution < -0.4 is 5.32 Å². The van der Waals surface area contributed by atoms with E-state index in [0.717, 1.165) is 23.9 Å². The van der Waals surface area contributed by atoms with Crippen molar-refractivity contribution in [1.82, 2.24) is 15.1 Å². The molecule has 0 radical (unpaired) electrons. The minimum Gasteiger partial charge on any atom is -0.310 e. The lowest BCUT2D eigenvalue weighted by Gasteiger charge is -2.19. The molecule has 4 heteroatoms. The normalized spacial score (nSPS) is 12.8. The highest BCUT2D eigenvalue weighted by Gasteiger charge is 2.15. The van der Waals surface area contributed by atoms with E-state index in [1.807, 2.05) is 6.20 Å².